The molecular weight excluding hydrogens is 202 g/mol. The molecule has 0 aliphatic heterocycles. The summed E-state index contributed by atoms with van der Waals surface area (Å²) in [5.74, 6) is -0.911. The van der Waals surface area contributed by atoms with E-state index in [-0.39, 0.29) is 0 Å². The Bertz CT molecular complexity index is 579. The molecule has 0 saturated heterocycles. The Morgan fingerprint density at radius 1 is 1.38 bits per heavy atom. The van der Waals surface area contributed by atoms with Gasteiger partial charge in [0, 0.05) is 30.2 Å². The first-order valence-electron chi connectivity index (χ1n) is 5.04. The first kappa shape index (κ1) is 10.5. The molecule has 2 rings (SSSR count). The van der Waals surface area contributed by atoms with Crippen molar-refractivity contribution in [1.29, 1.82) is 0 Å². The molecule has 2 aromatic rings. The molecule has 1 N–H and O–H groups in total. The van der Waals surface area contributed by atoms with Crippen LogP contribution in [0.4, 0.5) is 0 Å². The second-order valence-corrected chi connectivity index (χ2v) is 3.87. The third kappa shape index (κ3) is 1.84. The summed E-state index contributed by atoms with van der Waals surface area (Å²) >= 11 is 0. The normalized spacial score (nSPS) is 12.0. The molecule has 1 heterocycles. The highest BCUT2D eigenvalue weighted by atomic mass is 16.4. The number of rotatable bonds is 2. The second kappa shape index (κ2) is 3.85. The third-order valence-electron chi connectivity index (χ3n) is 2.68. The number of carboxylic acids is 1. The van der Waals surface area contributed by atoms with Crippen molar-refractivity contribution in [1.82, 2.24) is 4.57 Å². The number of aliphatic carboxylic acids is 1. The number of aromatic nitrogens is 1. The smallest absolute Gasteiger partial charge is 0.328 e. The molecule has 1 aromatic carbocycles. The van der Waals surface area contributed by atoms with E-state index in [2.05, 4.69) is 0 Å². The van der Waals surface area contributed by atoms with Crippen molar-refractivity contribution in [3.8, 4) is 0 Å². The molecule has 3 heteroatoms. The summed E-state index contributed by atoms with van der Waals surface area (Å²) in [6, 6.07) is 7.97. The van der Waals surface area contributed by atoms with Gasteiger partial charge in [-0.2, -0.15) is 0 Å². The molecule has 0 saturated carbocycles. The molecule has 0 amide bonds. The van der Waals surface area contributed by atoms with Crippen LogP contribution in [-0.2, 0) is 11.8 Å². The highest BCUT2D eigenvalue weighted by Crippen LogP contribution is 2.21. The Labute approximate surface area is 93.6 Å². The van der Waals surface area contributed by atoms with Gasteiger partial charge in [-0.25, -0.2) is 4.79 Å². The number of aryl methyl sites for hydroxylation is 1. The molecule has 0 aliphatic rings. The van der Waals surface area contributed by atoms with E-state index in [4.69, 9.17) is 5.11 Å². The van der Waals surface area contributed by atoms with Gasteiger partial charge in [-0.15, -0.1) is 0 Å². The minimum absolute atomic E-state index is 0.762. The van der Waals surface area contributed by atoms with Crippen molar-refractivity contribution in [2.75, 3.05) is 0 Å². The minimum Gasteiger partial charge on any atom is -0.478 e. The Hall–Kier alpha value is -2.03. The number of nitrogens with zero attached hydrogens (tertiary/aromatic N) is 1. The number of hydrogen-bond donors (Lipinski definition) is 1. The molecule has 82 valence electrons. The number of fused-ring (bicyclic) bond motifs is 1. The number of hydrogen-bond acceptors (Lipinski definition) is 1. The monoisotopic (exact) mass is 215 g/mol. The van der Waals surface area contributed by atoms with Gasteiger partial charge >= 0.3 is 5.97 Å². The van der Waals surface area contributed by atoms with E-state index >= 15 is 0 Å². The molecule has 0 spiro atoms. The predicted molar refractivity (Wildman–Crippen MR) is 64.2 cm³/mol. The summed E-state index contributed by atoms with van der Waals surface area (Å²) in [6.07, 6.45) is 3.22. The van der Waals surface area contributed by atoms with Crippen molar-refractivity contribution in [2.45, 2.75) is 6.92 Å². The summed E-state index contributed by atoms with van der Waals surface area (Å²) in [5.41, 5.74) is 2.85. The van der Waals surface area contributed by atoms with Crippen LogP contribution in [0.1, 0.15) is 12.5 Å². The van der Waals surface area contributed by atoms with Gasteiger partial charge in [-0.05, 0) is 36.3 Å². The quantitative estimate of drug-likeness (QED) is 0.782. The van der Waals surface area contributed by atoms with Gasteiger partial charge in [0.15, 0.2) is 0 Å². The Kier molecular flexibility index (Phi) is 2.52. The van der Waals surface area contributed by atoms with Crippen LogP contribution in [0.5, 0.6) is 0 Å². The Balaban J connectivity index is 2.51. The van der Waals surface area contributed by atoms with Crippen LogP contribution in [0.3, 0.4) is 0 Å². The fraction of sp³-hybridized carbons (Fsp3) is 0.154. The predicted octanol–water partition coefficient (Wildman–Crippen LogP) is 2.67. The molecule has 1 aromatic heterocycles. The molecule has 0 fully saturated rings. The fourth-order valence-corrected chi connectivity index (χ4v) is 1.80. The average Bonchev–Trinajstić information content (AvgIpc) is 2.59. The summed E-state index contributed by atoms with van der Waals surface area (Å²) < 4.78 is 2.04. The maximum Gasteiger partial charge on any atom is 0.328 e. The van der Waals surface area contributed by atoms with Gasteiger partial charge < -0.3 is 9.67 Å². The van der Waals surface area contributed by atoms with Crippen molar-refractivity contribution < 1.29 is 9.90 Å². The second-order valence-electron chi connectivity index (χ2n) is 3.87. The zero-order valence-electron chi connectivity index (χ0n) is 9.27. The van der Waals surface area contributed by atoms with Gasteiger partial charge in [0.05, 0.1) is 0 Å². The SMILES string of the molecule is CC(=CC(=O)O)c1ccc2c(ccn2C)c1. The van der Waals surface area contributed by atoms with Gasteiger partial charge in [0.2, 0.25) is 0 Å². The van der Waals surface area contributed by atoms with E-state index in [0.717, 1.165) is 22.0 Å². The molecular formula is C13H13NO2. The lowest BCUT2D eigenvalue weighted by Gasteiger charge is -2.02. The fourth-order valence-electron chi connectivity index (χ4n) is 1.80. The Morgan fingerprint density at radius 3 is 2.81 bits per heavy atom. The van der Waals surface area contributed by atoms with Crippen LogP contribution in [-0.4, -0.2) is 15.6 Å². The van der Waals surface area contributed by atoms with E-state index in [9.17, 15) is 4.79 Å². The van der Waals surface area contributed by atoms with Crippen LogP contribution in [0.2, 0.25) is 0 Å². The van der Waals surface area contributed by atoms with E-state index < -0.39 is 5.97 Å². The van der Waals surface area contributed by atoms with Gasteiger partial charge in [-0.1, -0.05) is 6.07 Å². The lowest BCUT2D eigenvalue weighted by molar-refractivity contribution is -0.131. The molecule has 0 unspecified atom stereocenters. The number of allylic oxidation sites excluding steroid dienone is 1. The maximum absolute atomic E-state index is 10.6. The number of benzene rings is 1. The molecule has 0 bridgehead atoms. The van der Waals surface area contributed by atoms with E-state index in [0.29, 0.717) is 0 Å². The summed E-state index contributed by atoms with van der Waals surface area (Å²) in [5, 5.41) is 9.81. The van der Waals surface area contributed by atoms with Crippen molar-refractivity contribution in [3.05, 3.63) is 42.1 Å². The first-order chi connectivity index (χ1) is 7.58. The first-order valence-corrected chi connectivity index (χ1v) is 5.04. The molecule has 0 atom stereocenters. The van der Waals surface area contributed by atoms with Gasteiger partial charge in [0.1, 0.15) is 0 Å². The maximum atomic E-state index is 10.6. The van der Waals surface area contributed by atoms with E-state index in [1.54, 1.807) is 6.92 Å². The van der Waals surface area contributed by atoms with Crippen molar-refractivity contribution in [2.24, 2.45) is 7.05 Å². The highest BCUT2D eigenvalue weighted by Gasteiger charge is 2.02. The summed E-state index contributed by atoms with van der Waals surface area (Å²) in [7, 11) is 1.99. The van der Waals surface area contributed by atoms with E-state index in [1.165, 1.54) is 6.08 Å². The minimum atomic E-state index is -0.911. The molecule has 0 aliphatic carbocycles. The number of carboxylic acid groups (broad SMARTS) is 1. The van der Waals surface area contributed by atoms with Crippen LogP contribution in [0, 0.1) is 0 Å². The summed E-state index contributed by atoms with van der Waals surface area (Å²) in [6.45, 7) is 1.80. The third-order valence-corrected chi connectivity index (χ3v) is 2.68. The Morgan fingerprint density at radius 2 is 2.12 bits per heavy atom. The number of carbonyl (C=O) groups is 1. The lowest BCUT2D eigenvalue weighted by atomic mass is 10.1. The van der Waals surface area contributed by atoms with Crippen molar-refractivity contribution >= 4 is 22.4 Å². The van der Waals surface area contributed by atoms with Crippen LogP contribution < -0.4 is 0 Å². The molecule has 3 nitrogen and oxygen atoms in total. The summed E-state index contributed by atoms with van der Waals surface area (Å²) in [4.78, 5) is 10.6. The molecule has 16 heavy (non-hydrogen) atoms. The van der Waals surface area contributed by atoms with Crippen LogP contribution >= 0.6 is 0 Å². The largest absolute Gasteiger partial charge is 0.478 e. The highest BCUT2D eigenvalue weighted by molar-refractivity contribution is 5.91. The van der Waals surface area contributed by atoms with Gasteiger partial charge in [-0.3, -0.25) is 0 Å². The van der Waals surface area contributed by atoms with E-state index in [1.807, 2.05) is 42.1 Å². The topological polar surface area (TPSA) is 42.2 Å². The standard InChI is InChI=1S/C13H13NO2/c1-9(7-13(15)16)10-3-4-12-11(8-10)5-6-14(12)2/h3-8H,1-2H3,(H,15,16). The molecule has 0 radical (unpaired) electrons. The average molecular weight is 215 g/mol. The zero-order valence-corrected chi connectivity index (χ0v) is 9.27. The zero-order chi connectivity index (χ0) is 11.7. The van der Waals surface area contributed by atoms with Gasteiger partial charge in [0.25, 0.3) is 0 Å². The van der Waals surface area contributed by atoms with Crippen molar-refractivity contribution in [3.63, 3.8) is 0 Å². The van der Waals surface area contributed by atoms with Crippen LogP contribution in [0.15, 0.2) is 36.5 Å². The lowest BCUT2D eigenvalue weighted by Crippen LogP contribution is -1.90. The van der Waals surface area contributed by atoms with Crippen LogP contribution in [0.25, 0.3) is 16.5 Å².